The number of methoxy groups -OCH3 is 1. The van der Waals surface area contributed by atoms with Crippen molar-refractivity contribution in [1.29, 1.82) is 0 Å². The summed E-state index contributed by atoms with van der Waals surface area (Å²) in [6.07, 6.45) is 2.53. The second-order valence-corrected chi connectivity index (χ2v) is 6.41. The van der Waals surface area contributed by atoms with Gasteiger partial charge in [0.05, 0.1) is 17.6 Å². The van der Waals surface area contributed by atoms with Crippen LogP contribution in [0.4, 0.5) is 5.82 Å². The summed E-state index contributed by atoms with van der Waals surface area (Å²) in [5.74, 6) is 1.29. The number of hydrogen-bond acceptors (Lipinski definition) is 6. The molecule has 2 heterocycles. The lowest BCUT2D eigenvalue weighted by molar-refractivity contribution is 0.0951. The van der Waals surface area contributed by atoms with Crippen molar-refractivity contribution in [3.63, 3.8) is 0 Å². The molecule has 0 unspecified atom stereocenters. The Labute approximate surface area is 158 Å². The van der Waals surface area contributed by atoms with Gasteiger partial charge in [0.25, 0.3) is 5.91 Å². The summed E-state index contributed by atoms with van der Waals surface area (Å²) in [5.41, 5.74) is 1.38. The minimum absolute atomic E-state index is 0.164. The Morgan fingerprint density at radius 2 is 2.11 bits per heavy atom. The second-order valence-electron chi connectivity index (χ2n) is 6.41. The molecule has 0 fully saturated rings. The molecule has 0 radical (unpaired) electrons. The van der Waals surface area contributed by atoms with Crippen LogP contribution in [0.5, 0.6) is 0 Å². The van der Waals surface area contributed by atoms with Crippen LogP contribution in [0.2, 0.25) is 0 Å². The molecule has 0 atom stereocenters. The highest BCUT2D eigenvalue weighted by atomic mass is 16.5. The van der Waals surface area contributed by atoms with E-state index in [2.05, 4.69) is 20.5 Å². The standard InChI is InChI=1S/C19H24N6O2/c1-24(2)17-11-15(14-7-4-5-8-16(14)22-17)19(26)20-12-18-23-21-13-25(18)9-6-10-27-3/h4-5,7-8,11,13H,6,9-10,12H2,1-3H3,(H,20,26). The lowest BCUT2D eigenvalue weighted by atomic mass is 10.1. The van der Waals surface area contributed by atoms with Crippen LogP contribution in [0.3, 0.4) is 0 Å². The number of amides is 1. The Hall–Kier alpha value is -3.00. The van der Waals surface area contributed by atoms with E-state index in [9.17, 15) is 4.79 Å². The number of anilines is 1. The molecule has 1 amide bonds. The maximum Gasteiger partial charge on any atom is 0.252 e. The molecule has 8 nitrogen and oxygen atoms in total. The van der Waals surface area contributed by atoms with Crippen LogP contribution in [-0.2, 0) is 17.8 Å². The monoisotopic (exact) mass is 368 g/mol. The normalized spacial score (nSPS) is 10.9. The van der Waals surface area contributed by atoms with E-state index in [4.69, 9.17) is 4.74 Å². The molecular formula is C19H24N6O2. The number of carbonyl (C=O) groups is 1. The maximum absolute atomic E-state index is 12.9. The fourth-order valence-electron chi connectivity index (χ4n) is 2.81. The zero-order valence-electron chi connectivity index (χ0n) is 15.8. The predicted octanol–water partition coefficient (Wildman–Crippen LogP) is 1.86. The van der Waals surface area contributed by atoms with E-state index in [1.54, 1.807) is 19.5 Å². The van der Waals surface area contributed by atoms with Gasteiger partial charge in [-0.25, -0.2) is 4.98 Å². The predicted molar refractivity (Wildman–Crippen MR) is 104 cm³/mol. The third kappa shape index (κ3) is 4.40. The quantitative estimate of drug-likeness (QED) is 0.611. The van der Waals surface area contributed by atoms with Crippen molar-refractivity contribution in [3.05, 3.63) is 48.0 Å². The third-order valence-electron chi connectivity index (χ3n) is 4.26. The molecule has 0 aliphatic carbocycles. The van der Waals surface area contributed by atoms with Crippen LogP contribution in [-0.4, -0.2) is 53.5 Å². The average molecular weight is 368 g/mol. The Kier molecular flexibility index (Phi) is 5.97. The van der Waals surface area contributed by atoms with Crippen molar-refractivity contribution >= 4 is 22.6 Å². The van der Waals surface area contributed by atoms with Crippen LogP contribution in [0.1, 0.15) is 22.6 Å². The summed E-state index contributed by atoms with van der Waals surface area (Å²) in [7, 11) is 5.48. The first-order valence-electron chi connectivity index (χ1n) is 8.81. The fourth-order valence-corrected chi connectivity index (χ4v) is 2.81. The first kappa shape index (κ1) is 18.8. The number of ether oxygens (including phenoxy) is 1. The SMILES string of the molecule is COCCCn1cnnc1CNC(=O)c1cc(N(C)C)nc2ccccc12. The summed E-state index contributed by atoms with van der Waals surface area (Å²) in [4.78, 5) is 19.3. The van der Waals surface area contributed by atoms with E-state index >= 15 is 0 Å². The number of nitrogens with one attached hydrogen (secondary N) is 1. The summed E-state index contributed by atoms with van der Waals surface area (Å²) >= 11 is 0. The molecule has 0 spiro atoms. The van der Waals surface area contributed by atoms with Crippen LogP contribution >= 0.6 is 0 Å². The molecule has 1 aromatic carbocycles. The second kappa shape index (κ2) is 8.59. The number of aryl methyl sites for hydroxylation is 1. The van der Waals surface area contributed by atoms with E-state index in [-0.39, 0.29) is 5.91 Å². The molecule has 0 saturated carbocycles. The maximum atomic E-state index is 12.9. The van der Waals surface area contributed by atoms with Gasteiger partial charge >= 0.3 is 0 Å². The van der Waals surface area contributed by atoms with Crippen molar-refractivity contribution in [3.8, 4) is 0 Å². The summed E-state index contributed by atoms with van der Waals surface area (Å²) < 4.78 is 7.00. The molecule has 27 heavy (non-hydrogen) atoms. The molecule has 8 heteroatoms. The van der Waals surface area contributed by atoms with Crippen LogP contribution in [0.25, 0.3) is 10.9 Å². The molecule has 1 N–H and O–H groups in total. The van der Waals surface area contributed by atoms with Crippen molar-refractivity contribution in [2.45, 2.75) is 19.5 Å². The van der Waals surface area contributed by atoms with E-state index in [0.717, 1.165) is 29.7 Å². The number of fused-ring (bicyclic) bond motifs is 1. The van der Waals surface area contributed by atoms with Gasteiger partial charge in [0.2, 0.25) is 0 Å². The zero-order valence-corrected chi connectivity index (χ0v) is 15.8. The number of hydrogen-bond donors (Lipinski definition) is 1. The van der Waals surface area contributed by atoms with Crippen LogP contribution in [0.15, 0.2) is 36.7 Å². The molecule has 3 aromatic rings. The highest BCUT2D eigenvalue weighted by molar-refractivity contribution is 6.06. The first-order valence-corrected chi connectivity index (χ1v) is 8.81. The van der Waals surface area contributed by atoms with E-state index in [1.165, 1.54) is 0 Å². The lowest BCUT2D eigenvalue weighted by Gasteiger charge is -2.15. The highest BCUT2D eigenvalue weighted by Gasteiger charge is 2.15. The number of para-hydroxylation sites is 1. The van der Waals surface area contributed by atoms with Gasteiger partial charge in [0.1, 0.15) is 12.1 Å². The fraction of sp³-hybridized carbons (Fsp3) is 0.368. The summed E-state index contributed by atoms with van der Waals surface area (Å²) in [6.45, 7) is 1.72. The zero-order chi connectivity index (χ0) is 19.2. The Balaban J connectivity index is 1.78. The van der Waals surface area contributed by atoms with Gasteiger partial charge in [-0.1, -0.05) is 18.2 Å². The number of aromatic nitrogens is 4. The molecule has 3 rings (SSSR count). The van der Waals surface area contributed by atoms with Gasteiger partial charge in [-0.05, 0) is 18.6 Å². The Bertz CT molecular complexity index is 921. The minimum Gasteiger partial charge on any atom is -0.385 e. The number of nitrogens with zero attached hydrogens (tertiary/aromatic N) is 5. The minimum atomic E-state index is -0.164. The van der Waals surface area contributed by atoms with E-state index in [1.807, 2.05) is 47.8 Å². The van der Waals surface area contributed by atoms with E-state index in [0.29, 0.717) is 24.5 Å². The molecule has 142 valence electrons. The van der Waals surface area contributed by atoms with Gasteiger partial charge < -0.3 is 19.5 Å². The molecule has 2 aromatic heterocycles. The Morgan fingerprint density at radius 1 is 1.30 bits per heavy atom. The van der Waals surface area contributed by atoms with Gasteiger partial charge in [-0.3, -0.25) is 4.79 Å². The Morgan fingerprint density at radius 3 is 2.89 bits per heavy atom. The molecular weight excluding hydrogens is 344 g/mol. The topological polar surface area (TPSA) is 85.2 Å². The third-order valence-corrected chi connectivity index (χ3v) is 4.26. The number of carbonyl (C=O) groups excluding carboxylic acids is 1. The summed E-state index contributed by atoms with van der Waals surface area (Å²) in [6, 6.07) is 9.44. The summed E-state index contributed by atoms with van der Waals surface area (Å²) in [5, 5.41) is 11.8. The van der Waals surface area contributed by atoms with Crippen molar-refractivity contribution in [2.24, 2.45) is 0 Å². The number of pyridine rings is 1. The number of rotatable bonds is 8. The smallest absolute Gasteiger partial charge is 0.252 e. The van der Waals surface area contributed by atoms with Gasteiger partial charge in [0.15, 0.2) is 5.82 Å². The van der Waals surface area contributed by atoms with E-state index < -0.39 is 0 Å². The van der Waals surface area contributed by atoms with Crippen molar-refractivity contribution < 1.29 is 9.53 Å². The largest absolute Gasteiger partial charge is 0.385 e. The average Bonchev–Trinajstić information content (AvgIpc) is 3.12. The molecule has 0 bridgehead atoms. The first-order chi connectivity index (χ1) is 13.1. The van der Waals surface area contributed by atoms with Crippen molar-refractivity contribution in [1.82, 2.24) is 25.1 Å². The molecule has 0 aliphatic rings. The van der Waals surface area contributed by atoms with Gasteiger partial charge in [0, 0.05) is 39.7 Å². The van der Waals surface area contributed by atoms with Crippen LogP contribution in [0, 0.1) is 0 Å². The van der Waals surface area contributed by atoms with Crippen molar-refractivity contribution in [2.75, 3.05) is 32.7 Å². The highest BCUT2D eigenvalue weighted by Crippen LogP contribution is 2.22. The van der Waals surface area contributed by atoms with Gasteiger partial charge in [-0.15, -0.1) is 10.2 Å². The number of benzene rings is 1. The van der Waals surface area contributed by atoms with Crippen LogP contribution < -0.4 is 10.2 Å². The lowest BCUT2D eigenvalue weighted by Crippen LogP contribution is -2.25. The molecule has 0 saturated heterocycles. The van der Waals surface area contributed by atoms with Gasteiger partial charge in [-0.2, -0.15) is 0 Å². The molecule has 0 aliphatic heterocycles.